The van der Waals surface area contributed by atoms with Gasteiger partial charge in [0.15, 0.2) is 5.69 Å². The molecule has 0 heterocycles. The van der Waals surface area contributed by atoms with E-state index < -0.39 is 12.5 Å². The van der Waals surface area contributed by atoms with E-state index in [1.165, 1.54) is 13.2 Å². The van der Waals surface area contributed by atoms with Gasteiger partial charge in [0.2, 0.25) is 0 Å². The predicted molar refractivity (Wildman–Crippen MR) is 149 cm³/mol. The maximum atomic E-state index is 11.4. The summed E-state index contributed by atoms with van der Waals surface area (Å²) in [5, 5.41) is 37.6. The number of aliphatic hydroxyl groups excluding tert-OH is 1. The number of hydrogen-bond acceptors (Lipinski definition) is 12. The summed E-state index contributed by atoms with van der Waals surface area (Å²) in [6, 6.07) is 15.1. The van der Waals surface area contributed by atoms with Gasteiger partial charge >= 0.3 is 0 Å². The fourth-order valence-electron chi connectivity index (χ4n) is 3.63. The van der Waals surface area contributed by atoms with Crippen LogP contribution in [0.15, 0.2) is 75.1 Å². The third kappa shape index (κ3) is 8.75. The highest BCUT2D eigenvalue weighted by Gasteiger charge is 2.14. The first-order valence-corrected chi connectivity index (χ1v) is 14.2. The number of nitro groups is 1. The number of benzene rings is 3. The van der Waals surface area contributed by atoms with Gasteiger partial charge in [0.25, 0.3) is 5.69 Å². The van der Waals surface area contributed by atoms with Gasteiger partial charge in [0.05, 0.1) is 36.6 Å². The Hall–Kier alpha value is -4.03. The smallest absolute Gasteiger partial charge is 0.296 e. The van der Waals surface area contributed by atoms with Crippen LogP contribution in [0.1, 0.15) is 11.1 Å². The van der Waals surface area contributed by atoms with Crippen molar-refractivity contribution < 1.29 is 28.7 Å². The van der Waals surface area contributed by atoms with Gasteiger partial charge in [-0.15, -0.1) is 15.3 Å². The van der Waals surface area contributed by atoms with Gasteiger partial charge in [0, 0.05) is 37.6 Å². The molecule has 13 nitrogen and oxygen atoms in total. The van der Waals surface area contributed by atoms with Crippen LogP contribution in [0, 0.1) is 24.0 Å². The summed E-state index contributed by atoms with van der Waals surface area (Å²) < 4.78 is 21.5. The third-order valence-electron chi connectivity index (χ3n) is 5.64. The summed E-state index contributed by atoms with van der Waals surface area (Å²) in [6.45, 7) is 5.00. The molecule has 0 bridgehead atoms. The SMILES string of the molecule is COc1cc(N=Nc2ccc(C)cc2[N+](=O)[O-])c(C)cc1N=Nc1ccc(N(CCO)CCOP(C)(=O)[O-])cc1. The first-order chi connectivity index (χ1) is 19.0. The number of ether oxygens (including phenoxy) is 1. The monoisotopic (exact) mass is 569 g/mol. The highest BCUT2D eigenvalue weighted by Crippen LogP contribution is 2.37. The van der Waals surface area contributed by atoms with Gasteiger partial charge < -0.3 is 28.7 Å². The topological polar surface area (TPSA) is 175 Å². The number of aliphatic hydroxyl groups is 1. The Kier molecular flexibility index (Phi) is 10.6. The van der Waals surface area contributed by atoms with Gasteiger partial charge in [-0.1, -0.05) is 6.07 Å². The molecule has 3 aromatic carbocycles. The van der Waals surface area contributed by atoms with Crippen LogP contribution in [0.4, 0.5) is 34.1 Å². The zero-order valence-corrected chi connectivity index (χ0v) is 23.4. The van der Waals surface area contributed by atoms with E-state index >= 15 is 0 Å². The molecule has 14 heteroatoms. The fourth-order valence-corrected chi connectivity index (χ4v) is 4.05. The molecule has 40 heavy (non-hydrogen) atoms. The second-order valence-electron chi connectivity index (χ2n) is 8.79. The van der Waals surface area contributed by atoms with Crippen molar-refractivity contribution >= 4 is 41.7 Å². The van der Waals surface area contributed by atoms with Crippen LogP contribution in [-0.4, -0.2) is 50.1 Å². The van der Waals surface area contributed by atoms with Crippen molar-refractivity contribution in [2.45, 2.75) is 13.8 Å². The number of anilines is 1. The quantitative estimate of drug-likeness (QED) is 0.112. The van der Waals surface area contributed by atoms with Crippen molar-refractivity contribution in [3.8, 4) is 5.75 Å². The zero-order chi connectivity index (χ0) is 29.3. The second-order valence-corrected chi connectivity index (χ2v) is 10.6. The van der Waals surface area contributed by atoms with Crippen molar-refractivity contribution in [3.05, 3.63) is 75.8 Å². The Labute approximate surface area is 231 Å². The highest BCUT2D eigenvalue weighted by molar-refractivity contribution is 7.50. The lowest BCUT2D eigenvalue weighted by Gasteiger charge is -2.26. The average molecular weight is 570 g/mol. The van der Waals surface area contributed by atoms with Crippen LogP contribution in [0.25, 0.3) is 0 Å². The van der Waals surface area contributed by atoms with Gasteiger partial charge in [0.1, 0.15) is 19.0 Å². The van der Waals surface area contributed by atoms with Crippen molar-refractivity contribution in [2.24, 2.45) is 20.5 Å². The molecule has 0 spiro atoms. The van der Waals surface area contributed by atoms with E-state index in [1.807, 2.05) is 0 Å². The molecule has 3 aromatic rings. The largest absolute Gasteiger partial charge is 0.779 e. The molecule has 0 aromatic heterocycles. The summed E-state index contributed by atoms with van der Waals surface area (Å²) in [5.74, 6) is 0.388. The van der Waals surface area contributed by atoms with Crippen LogP contribution < -0.4 is 14.5 Å². The number of nitrogens with zero attached hydrogens (tertiary/aromatic N) is 6. The van der Waals surface area contributed by atoms with Crippen LogP contribution in [0.5, 0.6) is 5.75 Å². The zero-order valence-electron chi connectivity index (χ0n) is 22.6. The maximum Gasteiger partial charge on any atom is 0.296 e. The summed E-state index contributed by atoms with van der Waals surface area (Å²) in [4.78, 5) is 23.9. The predicted octanol–water partition coefficient (Wildman–Crippen LogP) is 6.05. The number of rotatable bonds is 13. The van der Waals surface area contributed by atoms with Gasteiger partial charge in [-0.3, -0.25) is 10.1 Å². The number of methoxy groups -OCH3 is 1. The molecule has 3 rings (SSSR count). The van der Waals surface area contributed by atoms with Crippen LogP contribution >= 0.6 is 7.60 Å². The van der Waals surface area contributed by atoms with Crippen LogP contribution in [0.3, 0.4) is 0 Å². The molecule has 1 unspecified atom stereocenters. The molecular formula is C26H30N6O7P-. The molecule has 0 saturated heterocycles. The van der Waals surface area contributed by atoms with E-state index in [0.29, 0.717) is 34.9 Å². The van der Waals surface area contributed by atoms with E-state index in [-0.39, 0.29) is 31.1 Å². The Morgan fingerprint density at radius 2 is 1.62 bits per heavy atom. The molecule has 0 radical (unpaired) electrons. The molecular weight excluding hydrogens is 539 g/mol. The number of azo groups is 2. The molecule has 1 N–H and O–H groups in total. The average Bonchev–Trinajstić information content (AvgIpc) is 2.91. The summed E-state index contributed by atoms with van der Waals surface area (Å²) in [6.07, 6.45) is 0. The van der Waals surface area contributed by atoms with Crippen LogP contribution in [-0.2, 0) is 9.09 Å². The molecule has 0 saturated carbocycles. The first kappa shape index (κ1) is 30.5. The lowest BCUT2D eigenvalue weighted by atomic mass is 10.1. The lowest BCUT2D eigenvalue weighted by molar-refractivity contribution is -0.384. The molecule has 0 aliphatic heterocycles. The second kappa shape index (κ2) is 13.9. The maximum absolute atomic E-state index is 11.4. The summed E-state index contributed by atoms with van der Waals surface area (Å²) in [7, 11) is -2.35. The number of hydrogen-bond donors (Lipinski definition) is 1. The molecule has 212 valence electrons. The van der Waals surface area contributed by atoms with Crippen molar-refractivity contribution in [3.63, 3.8) is 0 Å². The van der Waals surface area contributed by atoms with E-state index in [1.54, 1.807) is 67.3 Å². The van der Waals surface area contributed by atoms with Gasteiger partial charge in [-0.05, 0) is 61.4 Å². The number of nitro benzene ring substituents is 1. The van der Waals surface area contributed by atoms with E-state index in [0.717, 1.165) is 17.9 Å². The first-order valence-electron chi connectivity index (χ1n) is 12.2. The fraction of sp³-hybridized carbons (Fsp3) is 0.308. The van der Waals surface area contributed by atoms with Crippen molar-refractivity contribution in [1.29, 1.82) is 0 Å². The van der Waals surface area contributed by atoms with Gasteiger partial charge in [-0.2, -0.15) is 5.11 Å². The Balaban J connectivity index is 1.77. The minimum atomic E-state index is -3.83. The van der Waals surface area contributed by atoms with Crippen molar-refractivity contribution in [2.75, 3.05) is 45.0 Å². The molecule has 0 fully saturated rings. The highest BCUT2D eigenvalue weighted by atomic mass is 31.2. The van der Waals surface area contributed by atoms with Gasteiger partial charge in [-0.25, -0.2) is 0 Å². The Bertz CT molecular complexity index is 1440. The van der Waals surface area contributed by atoms with Crippen LogP contribution in [0.2, 0.25) is 0 Å². The molecule has 1 atom stereocenters. The Morgan fingerprint density at radius 3 is 2.25 bits per heavy atom. The summed E-state index contributed by atoms with van der Waals surface area (Å²) in [5.41, 5.74) is 3.68. The number of aryl methyl sites for hydroxylation is 2. The third-order valence-corrected chi connectivity index (χ3v) is 6.29. The molecule has 0 aliphatic rings. The van der Waals surface area contributed by atoms with E-state index in [9.17, 15) is 24.7 Å². The minimum absolute atomic E-state index is 0.0324. The minimum Gasteiger partial charge on any atom is -0.779 e. The summed E-state index contributed by atoms with van der Waals surface area (Å²) >= 11 is 0. The molecule has 0 aliphatic carbocycles. The van der Waals surface area contributed by atoms with E-state index in [4.69, 9.17) is 9.26 Å². The lowest BCUT2D eigenvalue weighted by Crippen LogP contribution is -2.30. The standard InChI is InChI=1S/C26H31N6O7P/c1-18-5-10-22(25(15-18)32(34)35)28-29-23-17-26(38-3)24(16-19(23)2)30-27-20-6-8-21(9-7-20)31(11-13-33)12-14-39-40(4,36)37/h5-10,15-17,33H,11-14H2,1-4H3,(H,36,37)/p-1. The van der Waals surface area contributed by atoms with Crippen molar-refractivity contribution in [1.82, 2.24) is 0 Å². The van der Waals surface area contributed by atoms with E-state index in [2.05, 4.69) is 20.5 Å². The Morgan fingerprint density at radius 1 is 0.950 bits per heavy atom. The molecule has 0 amide bonds. The normalized spacial score (nSPS) is 13.1.